The van der Waals surface area contributed by atoms with Gasteiger partial charge in [-0.2, -0.15) is 0 Å². The van der Waals surface area contributed by atoms with Crippen molar-refractivity contribution < 1.29 is 22.3 Å². The molecule has 9 nitrogen and oxygen atoms in total. The van der Waals surface area contributed by atoms with Crippen LogP contribution in [0.2, 0.25) is 0 Å². The van der Waals surface area contributed by atoms with Crippen LogP contribution in [-0.2, 0) is 28.9 Å². The van der Waals surface area contributed by atoms with Gasteiger partial charge >= 0.3 is 29.3 Å². The first kappa shape index (κ1) is 21.6. The number of allylic oxidation sites excluding steroid dienone is 3. The Morgan fingerprint density at radius 2 is 1.80 bits per heavy atom. The second-order valence-corrected chi connectivity index (χ2v) is 9.46. The van der Waals surface area contributed by atoms with Crippen molar-refractivity contribution in [1.29, 1.82) is 0 Å². The van der Waals surface area contributed by atoms with E-state index in [9.17, 15) is 23.3 Å². The monoisotopic (exact) mass is 408 g/mol. The van der Waals surface area contributed by atoms with Gasteiger partial charge in [-0.15, -0.1) is 0 Å². The Kier molecular flexibility index (Phi) is 8.50. The molecule has 0 saturated heterocycles. The summed E-state index contributed by atoms with van der Waals surface area (Å²) in [4.78, 5) is 25.5. The Morgan fingerprint density at radius 3 is 2.32 bits per heavy atom. The average Bonchev–Trinajstić information content (AvgIpc) is 2.46. The SMILES string of the molecule is CC=Cc1cn(C/C=C/CP(=O)(O[P+](C)=O)O[P+](C)=O)c(=O)[nH]c1=O. The zero-order valence-corrected chi connectivity index (χ0v) is 16.6. The van der Waals surface area contributed by atoms with Gasteiger partial charge in [-0.3, -0.25) is 18.9 Å². The van der Waals surface area contributed by atoms with Crippen molar-refractivity contribution in [3.8, 4) is 0 Å². The number of hydrogen-bond acceptors (Lipinski definition) is 7. The number of aromatic amines is 1. The van der Waals surface area contributed by atoms with E-state index >= 15 is 0 Å². The molecule has 1 aromatic heterocycles. The van der Waals surface area contributed by atoms with Crippen molar-refractivity contribution in [1.82, 2.24) is 9.55 Å². The molecule has 25 heavy (non-hydrogen) atoms. The van der Waals surface area contributed by atoms with E-state index < -0.39 is 34.9 Å². The minimum absolute atomic E-state index is 0.0939. The fraction of sp³-hybridized carbons (Fsp3) is 0.385. The molecule has 0 fully saturated rings. The van der Waals surface area contributed by atoms with Gasteiger partial charge in [0.25, 0.3) is 5.56 Å². The lowest BCUT2D eigenvalue weighted by Crippen LogP contribution is -2.30. The number of nitrogens with one attached hydrogen (secondary N) is 1. The topological polar surface area (TPSA) is 125 Å². The molecule has 0 bridgehead atoms. The molecule has 1 N–H and O–H groups in total. The maximum atomic E-state index is 12.3. The summed E-state index contributed by atoms with van der Waals surface area (Å²) < 4.78 is 45.4. The summed E-state index contributed by atoms with van der Waals surface area (Å²) in [6, 6.07) is 0. The normalized spacial score (nSPS) is 15.5. The van der Waals surface area contributed by atoms with Crippen LogP contribution in [0.3, 0.4) is 0 Å². The van der Waals surface area contributed by atoms with E-state index in [2.05, 4.69) is 4.98 Å². The number of aromatic nitrogens is 2. The number of rotatable bonds is 9. The molecule has 0 spiro atoms. The number of nitrogens with zero attached hydrogens (tertiary/aromatic N) is 1. The third-order valence-corrected chi connectivity index (χ3v) is 7.15. The zero-order chi connectivity index (χ0) is 19.0. The lowest BCUT2D eigenvalue weighted by atomic mass is 10.3. The largest absolute Gasteiger partial charge is 0.513 e. The third kappa shape index (κ3) is 7.51. The summed E-state index contributed by atoms with van der Waals surface area (Å²) in [7, 11) is -8.21. The van der Waals surface area contributed by atoms with Gasteiger partial charge in [0, 0.05) is 12.7 Å². The highest BCUT2D eigenvalue weighted by Crippen LogP contribution is 2.59. The average molecular weight is 408 g/mol. The van der Waals surface area contributed by atoms with Crippen LogP contribution in [0.25, 0.3) is 6.08 Å². The first-order valence-corrected chi connectivity index (χ1v) is 12.1. The van der Waals surface area contributed by atoms with Crippen LogP contribution in [0.5, 0.6) is 0 Å². The molecular formula is C13H19N2O7P3+2. The van der Waals surface area contributed by atoms with Crippen molar-refractivity contribution in [2.45, 2.75) is 13.5 Å². The Balaban J connectivity index is 2.89. The third-order valence-electron chi connectivity index (χ3n) is 2.66. The van der Waals surface area contributed by atoms with Crippen molar-refractivity contribution in [2.24, 2.45) is 0 Å². The van der Waals surface area contributed by atoms with Gasteiger partial charge in [-0.1, -0.05) is 32.9 Å². The van der Waals surface area contributed by atoms with Crippen LogP contribution in [0.4, 0.5) is 0 Å². The molecule has 0 amide bonds. The molecule has 2 unspecified atom stereocenters. The van der Waals surface area contributed by atoms with Crippen molar-refractivity contribution in [2.75, 3.05) is 19.5 Å². The Labute approximate surface area is 146 Å². The van der Waals surface area contributed by atoms with E-state index in [-0.39, 0.29) is 12.7 Å². The van der Waals surface area contributed by atoms with Gasteiger partial charge in [0.15, 0.2) is 13.3 Å². The number of hydrogen-bond donors (Lipinski definition) is 1. The second kappa shape index (κ2) is 9.85. The maximum absolute atomic E-state index is 12.3. The number of H-pyrrole nitrogens is 1. The highest BCUT2D eigenvalue weighted by atomic mass is 31.3. The molecule has 0 aliphatic carbocycles. The molecule has 12 heteroatoms. The highest BCUT2D eigenvalue weighted by molar-refractivity contribution is 7.66. The first-order valence-electron chi connectivity index (χ1n) is 7.08. The van der Waals surface area contributed by atoms with Gasteiger partial charge in [-0.05, 0) is 16.1 Å². The summed E-state index contributed by atoms with van der Waals surface area (Å²) in [5, 5.41) is 0. The minimum atomic E-state index is -3.80. The zero-order valence-electron chi connectivity index (χ0n) is 13.9. The van der Waals surface area contributed by atoms with E-state index in [0.29, 0.717) is 5.56 Å². The van der Waals surface area contributed by atoms with E-state index in [4.69, 9.17) is 8.62 Å². The molecule has 1 heterocycles. The van der Waals surface area contributed by atoms with Gasteiger partial charge < -0.3 is 0 Å². The Bertz CT molecular complexity index is 849. The van der Waals surface area contributed by atoms with Crippen LogP contribution in [0.1, 0.15) is 12.5 Å². The summed E-state index contributed by atoms with van der Waals surface area (Å²) in [6.45, 7) is 4.25. The molecule has 0 radical (unpaired) electrons. The van der Waals surface area contributed by atoms with E-state index in [0.717, 1.165) is 0 Å². The van der Waals surface area contributed by atoms with Crippen LogP contribution >= 0.6 is 23.7 Å². The smallest absolute Gasteiger partial charge is 0.296 e. The van der Waals surface area contributed by atoms with Crippen LogP contribution in [0, 0.1) is 0 Å². The molecule has 1 rings (SSSR count). The maximum Gasteiger partial charge on any atom is 0.513 e. The molecule has 0 saturated carbocycles. The Morgan fingerprint density at radius 1 is 1.20 bits per heavy atom. The quantitative estimate of drug-likeness (QED) is 0.492. The van der Waals surface area contributed by atoms with E-state index in [1.807, 2.05) is 0 Å². The molecule has 1 aromatic rings. The summed E-state index contributed by atoms with van der Waals surface area (Å²) in [5.74, 6) is 0. The molecule has 2 atom stereocenters. The summed E-state index contributed by atoms with van der Waals surface area (Å²) in [6.07, 6.45) is 7.28. The van der Waals surface area contributed by atoms with Gasteiger partial charge in [0.05, 0.1) is 11.7 Å². The molecule has 0 aliphatic rings. The van der Waals surface area contributed by atoms with Crippen molar-refractivity contribution >= 4 is 29.7 Å². The molecular weight excluding hydrogens is 389 g/mol. The molecule has 0 aromatic carbocycles. The van der Waals surface area contributed by atoms with Gasteiger partial charge in [0.2, 0.25) is 0 Å². The van der Waals surface area contributed by atoms with Crippen LogP contribution < -0.4 is 11.2 Å². The fourth-order valence-electron chi connectivity index (χ4n) is 1.78. The predicted octanol–water partition coefficient (Wildman–Crippen LogP) is 3.10. The predicted molar refractivity (Wildman–Crippen MR) is 96.9 cm³/mol. The second-order valence-electron chi connectivity index (χ2n) is 4.80. The highest BCUT2D eigenvalue weighted by Gasteiger charge is 2.39. The first-order chi connectivity index (χ1) is 11.7. The summed E-state index contributed by atoms with van der Waals surface area (Å²) in [5.41, 5.74) is -0.765. The van der Waals surface area contributed by atoms with Crippen LogP contribution in [0.15, 0.2) is 34.0 Å². The van der Waals surface area contributed by atoms with E-state index in [1.165, 1.54) is 36.2 Å². The van der Waals surface area contributed by atoms with Crippen molar-refractivity contribution in [3.05, 3.63) is 50.8 Å². The molecule has 0 aliphatic heterocycles. The van der Waals surface area contributed by atoms with E-state index in [1.54, 1.807) is 19.1 Å². The minimum Gasteiger partial charge on any atom is -0.296 e. The van der Waals surface area contributed by atoms with Gasteiger partial charge in [0.1, 0.15) is 0 Å². The molecule has 136 valence electrons. The van der Waals surface area contributed by atoms with Gasteiger partial charge in [-0.25, -0.2) is 4.79 Å². The van der Waals surface area contributed by atoms with Crippen molar-refractivity contribution in [3.63, 3.8) is 0 Å². The lowest BCUT2D eigenvalue weighted by molar-refractivity contribution is 0.397. The summed E-state index contributed by atoms with van der Waals surface area (Å²) >= 11 is 0. The lowest BCUT2D eigenvalue weighted by Gasteiger charge is -2.03. The Hall–Kier alpha value is -1.49. The van der Waals surface area contributed by atoms with Crippen LogP contribution in [-0.4, -0.2) is 29.0 Å². The fourth-order valence-corrected chi connectivity index (χ4v) is 5.92. The standard InChI is InChI=1S/C13H18N2O7P3/c1-4-7-11-10-15(13(17)14-12(11)16)8-5-6-9-25(20,21-23(2)18)22-24(3)19/h4-7,10H,8-9H2,1-3H3/q+1/p+1/b6-5+,7-4?.